The van der Waals surface area contributed by atoms with E-state index < -0.39 is 15.4 Å². The Morgan fingerprint density at radius 3 is 1.73 bits per heavy atom. The topological polar surface area (TPSA) is 54.4 Å². The van der Waals surface area contributed by atoms with Gasteiger partial charge in [-0.15, -0.1) is 23.2 Å². The van der Waals surface area contributed by atoms with Crippen LogP contribution < -0.4 is 0 Å². The van der Waals surface area contributed by atoms with E-state index in [2.05, 4.69) is 0 Å². The Labute approximate surface area is 75.4 Å². The molecule has 2 atom stereocenters. The fourth-order valence-electron chi connectivity index (χ4n) is 1.14. The van der Waals surface area contributed by atoms with Crippen LogP contribution in [-0.4, -0.2) is 29.0 Å². The van der Waals surface area contributed by atoms with Crippen molar-refractivity contribution >= 4 is 33.3 Å². The number of halogens is 2. The lowest BCUT2D eigenvalue weighted by molar-refractivity contribution is 0.467. The molecule has 0 amide bonds. The van der Waals surface area contributed by atoms with Crippen molar-refractivity contribution in [1.29, 1.82) is 0 Å². The number of hydrogen-bond donors (Lipinski definition) is 1. The summed E-state index contributed by atoms with van der Waals surface area (Å²) in [6.07, 6.45) is 0.489. The molecule has 1 saturated carbocycles. The standard InChI is InChI=1S/C5H8Cl2O3S/c6-4-1-3(2-5(4)7)11(8,9)10/h3-5H,1-2H2,(H,8,9,10). The van der Waals surface area contributed by atoms with E-state index in [1.807, 2.05) is 0 Å². The summed E-state index contributed by atoms with van der Waals surface area (Å²) in [4.78, 5) is 0. The van der Waals surface area contributed by atoms with Crippen LogP contribution in [0.25, 0.3) is 0 Å². The maximum atomic E-state index is 10.6. The van der Waals surface area contributed by atoms with Crippen LogP contribution in [0.5, 0.6) is 0 Å². The monoisotopic (exact) mass is 218 g/mol. The molecule has 0 aromatic heterocycles. The van der Waals surface area contributed by atoms with Gasteiger partial charge in [-0.1, -0.05) is 0 Å². The molecule has 0 heterocycles. The maximum Gasteiger partial charge on any atom is 0.267 e. The second kappa shape index (κ2) is 3.09. The average Bonchev–Trinajstić information content (AvgIpc) is 2.11. The lowest BCUT2D eigenvalue weighted by Crippen LogP contribution is -2.16. The minimum Gasteiger partial charge on any atom is -0.285 e. The van der Waals surface area contributed by atoms with E-state index in [1.165, 1.54) is 0 Å². The van der Waals surface area contributed by atoms with Crippen LogP contribution in [0, 0.1) is 0 Å². The largest absolute Gasteiger partial charge is 0.285 e. The fraction of sp³-hybridized carbons (Fsp3) is 1.00. The first kappa shape index (κ1) is 9.58. The van der Waals surface area contributed by atoms with E-state index in [0.717, 1.165) is 0 Å². The summed E-state index contributed by atoms with van der Waals surface area (Å²) in [5.74, 6) is 0. The first-order valence-corrected chi connectivity index (χ1v) is 5.53. The molecule has 0 spiro atoms. The molecule has 6 heteroatoms. The molecule has 66 valence electrons. The van der Waals surface area contributed by atoms with Crippen LogP contribution in [0.2, 0.25) is 0 Å². The lowest BCUT2D eigenvalue weighted by Gasteiger charge is -2.02. The van der Waals surface area contributed by atoms with Gasteiger partial charge in [-0.3, -0.25) is 4.55 Å². The van der Waals surface area contributed by atoms with Gasteiger partial charge < -0.3 is 0 Å². The summed E-state index contributed by atoms with van der Waals surface area (Å²) in [6.45, 7) is 0. The predicted molar refractivity (Wildman–Crippen MR) is 43.9 cm³/mol. The van der Waals surface area contributed by atoms with E-state index in [1.54, 1.807) is 0 Å². The second-order valence-electron chi connectivity index (χ2n) is 2.64. The Bertz CT molecular complexity index is 228. The molecule has 1 aliphatic rings. The van der Waals surface area contributed by atoms with E-state index in [0.29, 0.717) is 0 Å². The molecular weight excluding hydrogens is 211 g/mol. The predicted octanol–water partition coefficient (Wildman–Crippen LogP) is 1.25. The highest BCUT2D eigenvalue weighted by Gasteiger charge is 2.38. The summed E-state index contributed by atoms with van der Waals surface area (Å²) < 4.78 is 29.7. The Balaban J connectivity index is 2.69. The zero-order valence-electron chi connectivity index (χ0n) is 5.57. The van der Waals surface area contributed by atoms with Gasteiger partial charge in [-0.05, 0) is 12.8 Å². The Morgan fingerprint density at radius 1 is 1.18 bits per heavy atom. The smallest absolute Gasteiger partial charge is 0.267 e. The summed E-state index contributed by atoms with van der Waals surface area (Å²) in [7, 11) is -3.94. The van der Waals surface area contributed by atoms with Gasteiger partial charge in [0.25, 0.3) is 10.1 Å². The molecule has 0 aromatic carbocycles. The summed E-state index contributed by atoms with van der Waals surface area (Å²) >= 11 is 11.3. The van der Waals surface area contributed by atoms with Gasteiger partial charge in [-0.25, -0.2) is 0 Å². The van der Waals surface area contributed by atoms with Crippen molar-refractivity contribution in [2.75, 3.05) is 0 Å². The van der Waals surface area contributed by atoms with E-state index in [-0.39, 0.29) is 23.6 Å². The highest BCUT2D eigenvalue weighted by Crippen LogP contribution is 2.32. The Morgan fingerprint density at radius 2 is 1.55 bits per heavy atom. The third kappa shape index (κ3) is 2.21. The molecule has 1 aliphatic carbocycles. The van der Waals surface area contributed by atoms with Gasteiger partial charge >= 0.3 is 0 Å². The Hall–Kier alpha value is 0.490. The average molecular weight is 219 g/mol. The highest BCUT2D eigenvalue weighted by atomic mass is 35.5. The van der Waals surface area contributed by atoms with Gasteiger partial charge in [0.05, 0.1) is 16.0 Å². The molecule has 1 rings (SSSR count). The van der Waals surface area contributed by atoms with Gasteiger partial charge in [0.1, 0.15) is 0 Å². The van der Waals surface area contributed by atoms with Crippen molar-refractivity contribution in [3.8, 4) is 0 Å². The minimum absolute atomic E-state index is 0.245. The van der Waals surface area contributed by atoms with E-state index in [9.17, 15) is 8.42 Å². The molecule has 1 fully saturated rings. The molecule has 0 aliphatic heterocycles. The Kier molecular flexibility index (Phi) is 2.69. The highest BCUT2D eigenvalue weighted by molar-refractivity contribution is 7.86. The normalized spacial score (nSPS) is 39.4. The van der Waals surface area contributed by atoms with Gasteiger partial charge in [0.15, 0.2) is 0 Å². The SMILES string of the molecule is O=S(=O)(O)C1CC(Cl)C(Cl)C1. The van der Waals surface area contributed by atoms with E-state index in [4.69, 9.17) is 27.8 Å². The van der Waals surface area contributed by atoms with Crippen molar-refractivity contribution < 1.29 is 13.0 Å². The lowest BCUT2D eigenvalue weighted by atomic mass is 10.4. The molecule has 1 N–H and O–H groups in total. The molecule has 3 nitrogen and oxygen atoms in total. The van der Waals surface area contributed by atoms with Crippen LogP contribution in [-0.2, 0) is 10.1 Å². The number of rotatable bonds is 1. The van der Waals surface area contributed by atoms with Crippen molar-refractivity contribution in [2.24, 2.45) is 0 Å². The molecule has 11 heavy (non-hydrogen) atoms. The van der Waals surface area contributed by atoms with Crippen LogP contribution >= 0.6 is 23.2 Å². The quantitative estimate of drug-likeness (QED) is 0.533. The van der Waals surface area contributed by atoms with Gasteiger partial charge in [0, 0.05) is 0 Å². The van der Waals surface area contributed by atoms with Gasteiger partial charge in [0.2, 0.25) is 0 Å². The molecule has 0 bridgehead atoms. The van der Waals surface area contributed by atoms with Crippen molar-refractivity contribution in [3.63, 3.8) is 0 Å². The summed E-state index contributed by atoms with van der Waals surface area (Å²) in [5.41, 5.74) is 0. The first-order chi connectivity index (χ1) is 4.91. The fourth-order valence-corrected chi connectivity index (χ4v) is 2.89. The molecule has 0 saturated heterocycles. The third-order valence-corrected chi connectivity index (χ3v) is 4.11. The summed E-state index contributed by atoms with van der Waals surface area (Å²) in [5, 5.41) is -1.46. The maximum absolute atomic E-state index is 10.6. The number of hydrogen-bond acceptors (Lipinski definition) is 2. The zero-order valence-corrected chi connectivity index (χ0v) is 7.90. The van der Waals surface area contributed by atoms with E-state index >= 15 is 0 Å². The van der Waals surface area contributed by atoms with Crippen molar-refractivity contribution in [2.45, 2.75) is 28.8 Å². The summed E-state index contributed by atoms with van der Waals surface area (Å²) in [6, 6.07) is 0. The minimum atomic E-state index is -3.94. The number of alkyl halides is 2. The van der Waals surface area contributed by atoms with Crippen LogP contribution in [0.4, 0.5) is 0 Å². The van der Waals surface area contributed by atoms with Gasteiger partial charge in [-0.2, -0.15) is 8.42 Å². The first-order valence-electron chi connectivity index (χ1n) is 3.15. The van der Waals surface area contributed by atoms with Crippen molar-refractivity contribution in [3.05, 3.63) is 0 Å². The van der Waals surface area contributed by atoms with Crippen LogP contribution in [0.3, 0.4) is 0 Å². The zero-order chi connectivity index (χ0) is 8.65. The third-order valence-electron chi connectivity index (χ3n) is 1.79. The second-order valence-corrected chi connectivity index (χ2v) is 5.46. The van der Waals surface area contributed by atoms with Crippen LogP contribution in [0.15, 0.2) is 0 Å². The molecule has 0 radical (unpaired) electrons. The molecule has 0 aromatic rings. The van der Waals surface area contributed by atoms with Crippen LogP contribution in [0.1, 0.15) is 12.8 Å². The molecule has 2 unspecified atom stereocenters. The molecular formula is C5H8Cl2O3S. The van der Waals surface area contributed by atoms with Crippen molar-refractivity contribution in [1.82, 2.24) is 0 Å².